The van der Waals surface area contributed by atoms with Gasteiger partial charge in [-0.3, -0.25) is 14.4 Å². The Kier molecular flexibility index (Phi) is 8.61. The van der Waals surface area contributed by atoms with Gasteiger partial charge in [-0.1, -0.05) is 42.5 Å². The Morgan fingerprint density at radius 3 is 2.41 bits per heavy atom. The number of halogens is 1. The van der Waals surface area contributed by atoms with Crippen molar-refractivity contribution in [1.29, 1.82) is 0 Å². The van der Waals surface area contributed by atoms with Crippen molar-refractivity contribution in [2.75, 3.05) is 0 Å². The number of ether oxygens (including phenoxy) is 1. The van der Waals surface area contributed by atoms with Crippen LogP contribution in [0.15, 0.2) is 66.2 Å². The van der Waals surface area contributed by atoms with Gasteiger partial charge in [0, 0.05) is 18.0 Å². The number of amides is 2. The van der Waals surface area contributed by atoms with Crippen molar-refractivity contribution >= 4 is 28.9 Å². The molecule has 1 heterocycles. The van der Waals surface area contributed by atoms with Crippen LogP contribution in [-0.2, 0) is 38.7 Å². The molecule has 3 rings (SSSR count). The second-order valence-corrected chi connectivity index (χ2v) is 9.09. The second kappa shape index (κ2) is 11.6. The molecule has 0 aliphatic carbocycles. The summed E-state index contributed by atoms with van der Waals surface area (Å²) in [4.78, 5) is 42.6. The third-order valence-electron chi connectivity index (χ3n) is 5.07. The van der Waals surface area contributed by atoms with E-state index in [0.717, 1.165) is 5.56 Å². The van der Waals surface area contributed by atoms with Crippen LogP contribution in [-0.4, -0.2) is 34.2 Å². The summed E-state index contributed by atoms with van der Waals surface area (Å²) in [6, 6.07) is 13.8. The molecule has 0 saturated heterocycles. The molecule has 0 unspecified atom stereocenters. The maximum atomic E-state index is 13.1. The SMILES string of the molecule is CC(C)(OCc1ccc(F)cc1)C(=O)N[C@H](Cc1ccccc1)C(=O)C(=O)NCc1nccs1. The highest BCUT2D eigenvalue weighted by Crippen LogP contribution is 2.15. The normalized spacial score (nSPS) is 12.1. The van der Waals surface area contributed by atoms with E-state index in [9.17, 15) is 18.8 Å². The molecule has 1 atom stereocenters. The fourth-order valence-electron chi connectivity index (χ4n) is 3.04. The Hall–Kier alpha value is -3.43. The molecule has 2 amide bonds. The second-order valence-electron chi connectivity index (χ2n) is 8.11. The first-order valence-electron chi connectivity index (χ1n) is 10.7. The zero-order valence-electron chi connectivity index (χ0n) is 18.9. The van der Waals surface area contributed by atoms with E-state index in [1.807, 2.05) is 30.3 Å². The first-order chi connectivity index (χ1) is 16.2. The van der Waals surface area contributed by atoms with Crippen molar-refractivity contribution in [1.82, 2.24) is 15.6 Å². The molecule has 2 N–H and O–H groups in total. The van der Waals surface area contributed by atoms with Gasteiger partial charge in [0.2, 0.25) is 5.78 Å². The average Bonchev–Trinajstić information content (AvgIpc) is 3.35. The number of aromatic nitrogens is 1. The molecule has 3 aromatic rings. The first-order valence-corrected chi connectivity index (χ1v) is 11.6. The molecule has 0 radical (unpaired) electrons. The van der Waals surface area contributed by atoms with Gasteiger partial charge in [-0.05, 0) is 37.1 Å². The number of benzene rings is 2. The van der Waals surface area contributed by atoms with Gasteiger partial charge in [0.25, 0.3) is 11.8 Å². The summed E-state index contributed by atoms with van der Waals surface area (Å²) in [6.07, 6.45) is 1.75. The predicted molar refractivity (Wildman–Crippen MR) is 126 cm³/mol. The smallest absolute Gasteiger partial charge is 0.289 e. The number of Topliss-reactive ketones (excluding diaryl/α,β-unsaturated/α-hetero) is 1. The van der Waals surface area contributed by atoms with Crippen LogP contribution >= 0.6 is 11.3 Å². The lowest BCUT2D eigenvalue weighted by atomic mass is 10.00. The van der Waals surface area contributed by atoms with Crippen LogP contribution in [0.4, 0.5) is 4.39 Å². The van der Waals surface area contributed by atoms with Crippen molar-refractivity contribution in [2.24, 2.45) is 0 Å². The fraction of sp³-hybridized carbons (Fsp3) is 0.280. The van der Waals surface area contributed by atoms with E-state index in [1.54, 1.807) is 37.6 Å². The lowest BCUT2D eigenvalue weighted by Gasteiger charge is -2.27. The summed E-state index contributed by atoms with van der Waals surface area (Å²) in [5.41, 5.74) is 0.181. The Morgan fingerprint density at radius 2 is 1.76 bits per heavy atom. The zero-order chi connectivity index (χ0) is 24.6. The van der Waals surface area contributed by atoms with E-state index < -0.39 is 29.2 Å². The van der Waals surface area contributed by atoms with Gasteiger partial charge in [-0.25, -0.2) is 9.37 Å². The lowest BCUT2D eigenvalue weighted by molar-refractivity contribution is -0.147. The zero-order valence-corrected chi connectivity index (χ0v) is 19.7. The highest BCUT2D eigenvalue weighted by molar-refractivity contribution is 7.09. The van der Waals surface area contributed by atoms with E-state index in [0.29, 0.717) is 10.6 Å². The van der Waals surface area contributed by atoms with E-state index in [-0.39, 0.29) is 25.4 Å². The van der Waals surface area contributed by atoms with Crippen LogP contribution in [0, 0.1) is 5.82 Å². The highest BCUT2D eigenvalue weighted by Gasteiger charge is 2.34. The van der Waals surface area contributed by atoms with Crippen LogP contribution in [0.3, 0.4) is 0 Å². The highest BCUT2D eigenvalue weighted by atomic mass is 32.1. The number of hydrogen-bond donors (Lipinski definition) is 2. The summed E-state index contributed by atoms with van der Waals surface area (Å²) in [6.45, 7) is 3.34. The molecule has 0 fully saturated rings. The van der Waals surface area contributed by atoms with Gasteiger partial charge >= 0.3 is 0 Å². The summed E-state index contributed by atoms with van der Waals surface area (Å²) < 4.78 is 18.9. The van der Waals surface area contributed by atoms with Gasteiger partial charge in [-0.2, -0.15) is 0 Å². The Labute approximate surface area is 201 Å². The molecule has 0 aliphatic heterocycles. The average molecular weight is 484 g/mol. The number of nitrogens with zero attached hydrogens (tertiary/aromatic N) is 1. The molecule has 0 spiro atoms. The van der Waals surface area contributed by atoms with E-state index in [1.165, 1.54) is 23.5 Å². The molecule has 9 heteroatoms. The van der Waals surface area contributed by atoms with Crippen LogP contribution in [0.5, 0.6) is 0 Å². The lowest BCUT2D eigenvalue weighted by Crippen LogP contribution is -2.54. The summed E-state index contributed by atoms with van der Waals surface area (Å²) in [5.74, 6) is -2.47. The minimum Gasteiger partial charge on any atom is -0.361 e. The Balaban J connectivity index is 1.67. The van der Waals surface area contributed by atoms with Gasteiger partial charge in [-0.15, -0.1) is 11.3 Å². The van der Waals surface area contributed by atoms with Gasteiger partial charge in [0.05, 0.1) is 13.2 Å². The molecule has 178 valence electrons. The molecule has 1 aromatic heterocycles. The maximum Gasteiger partial charge on any atom is 0.289 e. The Morgan fingerprint density at radius 1 is 1.06 bits per heavy atom. The van der Waals surface area contributed by atoms with Crippen molar-refractivity contribution < 1.29 is 23.5 Å². The molecule has 0 saturated carbocycles. The first kappa shape index (κ1) is 25.2. The molecule has 0 aliphatic rings. The third-order valence-corrected chi connectivity index (χ3v) is 5.85. The number of hydrogen-bond acceptors (Lipinski definition) is 6. The predicted octanol–water partition coefficient (Wildman–Crippen LogP) is 3.19. The number of carbonyl (C=O) groups is 3. The van der Waals surface area contributed by atoms with Gasteiger partial charge < -0.3 is 15.4 Å². The van der Waals surface area contributed by atoms with Crippen LogP contribution in [0.25, 0.3) is 0 Å². The van der Waals surface area contributed by atoms with E-state index >= 15 is 0 Å². The maximum absolute atomic E-state index is 13.1. The number of ketones is 1. The van der Waals surface area contributed by atoms with E-state index in [4.69, 9.17) is 4.74 Å². The number of carbonyl (C=O) groups excluding carboxylic acids is 3. The monoisotopic (exact) mass is 483 g/mol. The van der Waals surface area contributed by atoms with Crippen LogP contribution in [0.1, 0.15) is 30.0 Å². The molecule has 7 nitrogen and oxygen atoms in total. The Bertz CT molecular complexity index is 1100. The summed E-state index contributed by atoms with van der Waals surface area (Å²) in [5, 5.41) is 7.68. The van der Waals surface area contributed by atoms with Gasteiger partial charge in [0.15, 0.2) is 0 Å². The van der Waals surface area contributed by atoms with E-state index in [2.05, 4.69) is 15.6 Å². The fourth-order valence-corrected chi connectivity index (χ4v) is 3.60. The molecule has 34 heavy (non-hydrogen) atoms. The van der Waals surface area contributed by atoms with Crippen molar-refractivity contribution in [3.63, 3.8) is 0 Å². The summed E-state index contributed by atoms with van der Waals surface area (Å²) >= 11 is 1.36. The van der Waals surface area contributed by atoms with Gasteiger partial charge in [0.1, 0.15) is 22.5 Å². The number of thiazole rings is 1. The molecule has 2 aromatic carbocycles. The molecular formula is C25H26FN3O4S. The minimum absolute atomic E-state index is 0.0757. The number of nitrogens with one attached hydrogen (secondary N) is 2. The largest absolute Gasteiger partial charge is 0.361 e. The van der Waals surface area contributed by atoms with Crippen molar-refractivity contribution in [3.8, 4) is 0 Å². The van der Waals surface area contributed by atoms with Crippen LogP contribution < -0.4 is 10.6 Å². The molecular weight excluding hydrogens is 457 g/mol. The minimum atomic E-state index is -1.30. The quantitative estimate of drug-likeness (QED) is 0.408. The molecule has 0 bridgehead atoms. The number of rotatable bonds is 11. The third kappa shape index (κ3) is 7.29. The van der Waals surface area contributed by atoms with Crippen molar-refractivity contribution in [2.45, 2.75) is 45.1 Å². The summed E-state index contributed by atoms with van der Waals surface area (Å²) in [7, 11) is 0. The topological polar surface area (TPSA) is 97.4 Å². The van der Waals surface area contributed by atoms with Crippen molar-refractivity contribution in [3.05, 3.63) is 88.1 Å². The standard InChI is InChI=1S/C25H26FN3O4S/c1-25(2,33-16-18-8-10-19(26)11-9-18)24(32)29-20(14-17-6-4-3-5-7-17)22(30)23(31)28-15-21-27-12-13-34-21/h3-13,20H,14-16H2,1-2H3,(H,28,31)(H,29,32)/t20-/m1/s1. The van der Waals surface area contributed by atoms with Crippen LogP contribution in [0.2, 0.25) is 0 Å².